The first-order chi connectivity index (χ1) is 11.2. The van der Waals surface area contributed by atoms with Crippen molar-refractivity contribution in [1.82, 2.24) is 10.6 Å². The first kappa shape index (κ1) is 19.4. The van der Waals surface area contributed by atoms with Gasteiger partial charge in [0, 0.05) is 6.42 Å². The number of nitrogens with one attached hydrogen (secondary N) is 2. The van der Waals surface area contributed by atoms with Gasteiger partial charge in [-0.2, -0.15) is 4.99 Å². The number of nitrogens with zero attached hydrogens (tertiary/aromatic N) is 1. The van der Waals surface area contributed by atoms with Crippen molar-refractivity contribution in [2.24, 2.45) is 4.99 Å². The number of alkyl carbamates (subject to hydrolysis) is 1. The maximum atomic E-state index is 12.1. The van der Waals surface area contributed by atoms with E-state index in [0.29, 0.717) is 6.42 Å². The molecule has 0 radical (unpaired) electrons. The SMILES string of the molecule is C[C@H](NC(=O)OC(C)(C)C)C(=O)N[C@@H](Cc1ccccc1)N=C=O. The summed E-state index contributed by atoms with van der Waals surface area (Å²) >= 11 is 0. The van der Waals surface area contributed by atoms with Crippen LogP contribution in [0.1, 0.15) is 33.3 Å². The molecule has 24 heavy (non-hydrogen) atoms. The Morgan fingerprint density at radius 1 is 1.21 bits per heavy atom. The van der Waals surface area contributed by atoms with Gasteiger partial charge in [-0.05, 0) is 33.3 Å². The highest BCUT2D eigenvalue weighted by Crippen LogP contribution is 2.07. The number of ether oxygens (including phenoxy) is 1. The summed E-state index contributed by atoms with van der Waals surface area (Å²) in [5.41, 5.74) is 0.257. The van der Waals surface area contributed by atoms with Crippen molar-refractivity contribution in [3.63, 3.8) is 0 Å². The van der Waals surface area contributed by atoms with Crippen LogP contribution in [0.3, 0.4) is 0 Å². The molecule has 2 N–H and O–H groups in total. The van der Waals surface area contributed by atoms with E-state index in [-0.39, 0.29) is 0 Å². The number of carbonyl (C=O) groups is 2. The number of hydrogen-bond donors (Lipinski definition) is 2. The van der Waals surface area contributed by atoms with Gasteiger partial charge >= 0.3 is 6.09 Å². The summed E-state index contributed by atoms with van der Waals surface area (Å²) in [5.74, 6) is -0.471. The number of rotatable bonds is 6. The average Bonchev–Trinajstić information content (AvgIpc) is 2.46. The molecule has 130 valence electrons. The molecule has 0 aliphatic rings. The van der Waals surface area contributed by atoms with E-state index in [0.717, 1.165) is 5.56 Å². The van der Waals surface area contributed by atoms with E-state index in [4.69, 9.17) is 4.74 Å². The molecule has 1 aromatic rings. The third kappa shape index (κ3) is 7.56. The van der Waals surface area contributed by atoms with E-state index in [1.54, 1.807) is 20.8 Å². The Kier molecular flexibility index (Phi) is 7.14. The Morgan fingerprint density at radius 3 is 2.38 bits per heavy atom. The lowest BCUT2D eigenvalue weighted by Crippen LogP contribution is -2.49. The third-order valence-corrected chi connectivity index (χ3v) is 2.92. The predicted molar refractivity (Wildman–Crippen MR) is 89.0 cm³/mol. The zero-order valence-corrected chi connectivity index (χ0v) is 14.3. The fourth-order valence-electron chi connectivity index (χ4n) is 1.87. The van der Waals surface area contributed by atoms with Crippen molar-refractivity contribution in [2.75, 3.05) is 0 Å². The Labute approximate surface area is 141 Å². The minimum absolute atomic E-state index is 0.348. The molecular weight excluding hydrogens is 310 g/mol. The number of aliphatic imine (C=N–C) groups is 1. The molecule has 0 fully saturated rings. The monoisotopic (exact) mass is 333 g/mol. The summed E-state index contributed by atoms with van der Waals surface area (Å²) in [6.45, 7) is 6.70. The summed E-state index contributed by atoms with van der Waals surface area (Å²) in [6, 6.07) is 8.47. The summed E-state index contributed by atoms with van der Waals surface area (Å²) in [5, 5.41) is 5.03. The molecular formula is C17H23N3O4. The van der Waals surface area contributed by atoms with Crippen molar-refractivity contribution in [1.29, 1.82) is 0 Å². The maximum absolute atomic E-state index is 12.1. The van der Waals surface area contributed by atoms with Gasteiger partial charge in [0.25, 0.3) is 0 Å². The first-order valence-corrected chi connectivity index (χ1v) is 7.62. The van der Waals surface area contributed by atoms with Gasteiger partial charge in [0.05, 0.1) is 0 Å². The average molecular weight is 333 g/mol. The predicted octanol–water partition coefficient (Wildman–Crippen LogP) is 1.92. The molecule has 0 aliphatic carbocycles. The molecule has 0 bridgehead atoms. The number of amides is 2. The van der Waals surface area contributed by atoms with Gasteiger partial charge in [-0.3, -0.25) is 4.79 Å². The van der Waals surface area contributed by atoms with Crippen LogP contribution in [0.15, 0.2) is 35.3 Å². The van der Waals surface area contributed by atoms with Gasteiger partial charge in [-0.25, -0.2) is 9.59 Å². The zero-order chi connectivity index (χ0) is 18.2. The highest BCUT2D eigenvalue weighted by Gasteiger charge is 2.22. The molecule has 0 heterocycles. The summed E-state index contributed by atoms with van der Waals surface area (Å²) in [4.78, 5) is 38.0. The lowest BCUT2D eigenvalue weighted by atomic mass is 10.1. The van der Waals surface area contributed by atoms with Crippen molar-refractivity contribution in [3.8, 4) is 0 Å². The lowest BCUT2D eigenvalue weighted by Gasteiger charge is -2.22. The molecule has 0 aromatic heterocycles. The second kappa shape index (κ2) is 8.84. The highest BCUT2D eigenvalue weighted by atomic mass is 16.6. The molecule has 1 aromatic carbocycles. The molecule has 2 atom stereocenters. The van der Waals surface area contributed by atoms with E-state index in [1.807, 2.05) is 30.3 Å². The van der Waals surface area contributed by atoms with Gasteiger partial charge in [0.15, 0.2) is 0 Å². The van der Waals surface area contributed by atoms with Gasteiger partial charge in [0.2, 0.25) is 12.0 Å². The van der Waals surface area contributed by atoms with Crippen LogP contribution in [-0.4, -0.2) is 35.9 Å². The van der Waals surface area contributed by atoms with Crippen LogP contribution in [0.4, 0.5) is 4.79 Å². The minimum Gasteiger partial charge on any atom is -0.444 e. The molecule has 2 amide bonds. The van der Waals surface area contributed by atoms with Crippen LogP contribution < -0.4 is 10.6 Å². The minimum atomic E-state index is -0.833. The molecule has 0 spiro atoms. The second-order valence-electron chi connectivity index (χ2n) is 6.30. The fourth-order valence-corrected chi connectivity index (χ4v) is 1.87. The lowest BCUT2D eigenvalue weighted by molar-refractivity contribution is -0.123. The number of hydrogen-bond acceptors (Lipinski definition) is 5. The standard InChI is InChI=1S/C17H23N3O4/c1-12(19-16(23)24-17(2,3)4)15(22)20-14(18-11-21)10-13-8-6-5-7-9-13/h5-9,12,14H,10H2,1-4H3,(H,19,23)(H,20,22)/t12-,14-/m0/s1. The van der Waals surface area contributed by atoms with Gasteiger partial charge < -0.3 is 15.4 Å². The number of carbonyl (C=O) groups excluding carboxylic acids is 3. The van der Waals surface area contributed by atoms with E-state index >= 15 is 0 Å². The first-order valence-electron chi connectivity index (χ1n) is 7.62. The molecule has 0 saturated carbocycles. The van der Waals surface area contributed by atoms with Crippen molar-refractivity contribution < 1.29 is 19.1 Å². The van der Waals surface area contributed by atoms with Gasteiger partial charge in [-0.15, -0.1) is 0 Å². The molecule has 0 saturated heterocycles. The van der Waals surface area contributed by atoms with Crippen molar-refractivity contribution in [3.05, 3.63) is 35.9 Å². The largest absolute Gasteiger partial charge is 0.444 e. The van der Waals surface area contributed by atoms with E-state index < -0.39 is 29.8 Å². The van der Waals surface area contributed by atoms with Gasteiger partial charge in [-0.1, -0.05) is 30.3 Å². The van der Waals surface area contributed by atoms with Crippen molar-refractivity contribution in [2.45, 2.75) is 51.9 Å². The Balaban J connectivity index is 2.61. The molecule has 7 heteroatoms. The number of isocyanates is 1. The number of benzene rings is 1. The van der Waals surface area contributed by atoms with Crippen LogP contribution in [-0.2, 0) is 20.7 Å². The van der Waals surface area contributed by atoms with Crippen LogP contribution in [0.25, 0.3) is 0 Å². The molecule has 0 unspecified atom stereocenters. The fraction of sp³-hybridized carbons (Fsp3) is 0.471. The maximum Gasteiger partial charge on any atom is 0.408 e. The molecule has 7 nitrogen and oxygen atoms in total. The van der Waals surface area contributed by atoms with Gasteiger partial charge in [0.1, 0.15) is 17.8 Å². The normalized spacial score (nSPS) is 13.2. The Bertz CT molecular complexity index is 604. The third-order valence-electron chi connectivity index (χ3n) is 2.92. The Hall–Kier alpha value is -2.66. The molecule has 0 aliphatic heterocycles. The summed E-state index contributed by atoms with van der Waals surface area (Å²) < 4.78 is 5.09. The van der Waals surface area contributed by atoms with E-state index in [2.05, 4.69) is 15.6 Å². The van der Waals surface area contributed by atoms with E-state index in [9.17, 15) is 14.4 Å². The second-order valence-corrected chi connectivity index (χ2v) is 6.30. The van der Waals surface area contributed by atoms with Crippen LogP contribution >= 0.6 is 0 Å². The smallest absolute Gasteiger partial charge is 0.408 e. The van der Waals surface area contributed by atoms with Crippen LogP contribution in [0, 0.1) is 0 Å². The quantitative estimate of drug-likeness (QED) is 0.614. The van der Waals surface area contributed by atoms with Crippen LogP contribution in [0.5, 0.6) is 0 Å². The highest BCUT2D eigenvalue weighted by molar-refractivity contribution is 5.85. The molecule has 1 rings (SSSR count). The summed E-state index contributed by atoms with van der Waals surface area (Å²) in [7, 11) is 0. The zero-order valence-electron chi connectivity index (χ0n) is 14.3. The van der Waals surface area contributed by atoms with Crippen molar-refractivity contribution >= 4 is 18.1 Å². The van der Waals surface area contributed by atoms with E-state index in [1.165, 1.54) is 13.0 Å². The summed E-state index contributed by atoms with van der Waals surface area (Å²) in [6.07, 6.45) is 0.360. The van der Waals surface area contributed by atoms with Crippen LogP contribution in [0.2, 0.25) is 0 Å². The topological polar surface area (TPSA) is 96.9 Å². The Morgan fingerprint density at radius 2 is 1.83 bits per heavy atom.